The van der Waals surface area contributed by atoms with Crippen LogP contribution < -0.4 is 20.8 Å². The van der Waals surface area contributed by atoms with Gasteiger partial charge in [0.25, 0.3) is 5.91 Å². The second-order valence-electron chi connectivity index (χ2n) is 7.02. The van der Waals surface area contributed by atoms with Crippen LogP contribution in [0.15, 0.2) is 78.2 Å². The second kappa shape index (κ2) is 12.7. The predicted molar refractivity (Wildman–Crippen MR) is 128 cm³/mol. The van der Waals surface area contributed by atoms with Crippen LogP contribution in [0, 0.1) is 0 Å². The molecule has 0 aliphatic heterocycles. The molecule has 0 aliphatic carbocycles. The first-order valence-electron chi connectivity index (χ1n) is 10.2. The summed E-state index contributed by atoms with van der Waals surface area (Å²) in [6, 6.07) is 17.2. The normalized spacial score (nSPS) is 10.5. The molecule has 3 N–H and O–H groups in total. The zero-order valence-corrected chi connectivity index (χ0v) is 18.8. The number of nitrogens with zero attached hydrogens (tertiary/aromatic N) is 2. The van der Waals surface area contributed by atoms with Crippen LogP contribution >= 0.6 is 11.6 Å². The van der Waals surface area contributed by atoms with Crippen LogP contribution in [0.4, 0.5) is 5.69 Å². The molecule has 0 radical (unpaired) electrons. The molecule has 1 heterocycles. The first-order valence-corrected chi connectivity index (χ1v) is 10.6. The quantitative estimate of drug-likeness (QED) is 0.234. The highest BCUT2D eigenvalue weighted by atomic mass is 35.5. The maximum Gasteiger partial charge on any atom is 0.262 e. The van der Waals surface area contributed by atoms with Crippen LogP contribution in [0.3, 0.4) is 0 Å². The molecule has 9 nitrogen and oxygen atoms in total. The molecule has 3 rings (SSSR count). The topological polar surface area (TPSA) is 122 Å². The zero-order chi connectivity index (χ0) is 24.2. The Balaban J connectivity index is 1.36. The number of anilines is 1. The molecule has 0 saturated heterocycles. The molecule has 10 heteroatoms. The van der Waals surface area contributed by atoms with E-state index in [4.69, 9.17) is 16.3 Å². The van der Waals surface area contributed by atoms with Crippen LogP contribution in [-0.2, 0) is 20.9 Å². The van der Waals surface area contributed by atoms with Gasteiger partial charge in [-0.3, -0.25) is 19.4 Å². The van der Waals surface area contributed by atoms with Crippen LogP contribution in [0.25, 0.3) is 0 Å². The summed E-state index contributed by atoms with van der Waals surface area (Å²) >= 11 is 5.89. The number of carbonyl (C=O) groups is 3. The summed E-state index contributed by atoms with van der Waals surface area (Å²) in [5.74, 6) is -0.782. The van der Waals surface area contributed by atoms with Gasteiger partial charge in [-0.15, -0.1) is 0 Å². The van der Waals surface area contributed by atoms with Crippen LogP contribution in [0.5, 0.6) is 5.75 Å². The zero-order valence-electron chi connectivity index (χ0n) is 18.0. The molecule has 2 aromatic carbocycles. The van der Waals surface area contributed by atoms with E-state index in [1.165, 1.54) is 6.21 Å². The monoisotopic (exact) mass is 479 g/mol. The molecule has 3 aromatic rings. The number of rotatable bonds is 10. The van der Waals surface area contributed by atoms with E-state index in [9.17, 15) is 14.4 Å². The highest BCUT2D eigenvalue weighted by Gasteiger charge is 2.08. The van der Waals surface area contributed by atoms with Gasteiger partial charge in [-0.1, -0.05) is 23.7 Å². The van der Waals surface area contributed by atoms with E-state index < -0.39 is 11.8 Å². The van der Waals surface area contributed by atoms with Crippen LogP contribution in [0.1, 0.15) is 17.5 Å². The average Bonchev–Trinajstić information content (AvgIpc) is 2.83. The van der Waals surface area contributed by atoms with Crippen molar-refractivity contribution < 1.29 is 19.1 Å². The first kappa shape index (κ1) is 24.4. The summed E-state index contributed by atoms with van der Waals surface area (Å²) in [7, 11) is 0. The largest absolute Gasteiger partial charge is 0.484 e. The number of ether oxygens (including phenoxy) is 1. The fourth-order valence-corrected chi connectivity index (χ4v) is 2.88. The van der Waals surface area contributed by atoms with Crippen molar-refractivity contribution in [3.05, 3.63) is 89.2 Å². The maximum absolute atomic E-state index is 12.0. The summed E-state index contributed by atoms with van der Waals surface area (Å²) in [4.78, 5) is 39.6. The summed E-state index contributed by atoms with van der Waals surface area (Å²) in [5, 5.41) is 9.70. The van der Waals surface area contributed by atoms with Crippen molar-refractivity contribution in [1.82, 2.24) is 15.7 Å². The summed E-state index contributed by atoms with van der Waals surface area (Å²) in [6.45, 7) is 0.124. The molecular weight excluding hydrogens is 458 g/mol. The fraction of sp³-hybridized carbons (Fsp3) is 0.125. The first-order chi connectivity index (χ1) is 16.5. The van der Waals surface area contributed by atoms with Crippen molar-refractivity contribution in [3.63, 3.8) is 0 Å². The molecule has 1 aromatic heterocycles. The van der Waals surface area contributed by atoms with E-state index in [1.807, 2.05) is 6.07 Å². The van der Waals surface area contributed by atoms with Gasteiger partial charge in [0.2, 0.25) is 11.8 Å². The third-order valence-electron chi connectivity index (χ3n) is 4.29. The van der Waals surface area contributed by atoms with Gasteiger partial charge in [0, 0.05) is 29.6 Å². The molecule has 174 valence electrons. The number of aromatic nitrogens is 1. The standard InChI is InChI=1S/C24H22ClN5O4/c25-19-4-1-5-20(11-19)29-24(33)16-34-21-8-6-17(7-9-21)15-28-30-23(32)12-22(31)27-14-18-3-2-10-26-13-18/h1-11,13,15H,12,14,16H2,(H,27,31)(H,29,33)(H,30,32)/b28-15+. The minimum Gasteiger partial charge on any atom is -0.484 e. The van der Waals surface area contributed by atoms with Gasteiger partial charge in [0.1, 0.15) is 12.2 Å². The Kier molecular flexibility index (Phi) is 9.12. The number of hydrazone groups is 1. The molecular formula is C24H22ClN5O4. The molecule has 0 saturated carbocycles. The van der Waals surface area contributed by atoms with Gasteiger partial charge in [-0.25, -0.2) is 5.43 Å². The van der Waals surface area contributed by atoms with Crippen molar-refractivity contribution in [2.45, 2.75) is 13.0 Å². The molecule has 0 aliphatic rings. The molecule has 0 bridgehead atoms. The van der Waals surface area contributed by atoms with E-state index in [0.717, 1.165) is 5.56 Å². The van der Waals surface area contributed by atoms with E-state index in [1.54, 1.807) is 67.0 Å². The SMILES string of the molecule is O=C(CC(=O)N/N=C/c1ccc(OCC(=O)Nc2cccc(Cl)c2)cc1)NCc1cccnc1. The van der Waals surface area contributed by atoms with Crippen molar-refractivity contribution in [3.8, 4) is 5.75 Å². The summed E-state index contributed by atoms with van der Waals surface area (Å²) in [5.41, 5.74) is 4.42. The predicted octanol–water partition coefficient (Wildman–Crippen LogP) is 2.91. The van der Waals surface area contributed by atoms with Crippen molar-refractivity contribution in [1.29, 1.82) is 0 Å². The lowest BCUT2D eigenvalue weighted by Crippen LogP contribution is -2.29. The van der Waals surface area contributed by atoms with Crippen LogP contribution in [-0.4, -0.2) is 35.5 Å². The Morgan fingerprint density at radius 2 is 1.82 bits per heavy atom. The number of nitrogens with one attached hydrogen (secondary N) is 3. The number of hydrogen-bond acceptors (Lipinski definition) is 6. The Bertz CT molecular complexity index is 1150. The average molecular weight is 480 g/mol. The molecule has 0 atom stereocenters. The number of amides is 3. The number of benzene rings is 2. The third-order valence-corrected chi connectivity index (χ3v) is 4.53. The molecule has 0 unspecified atom stereocenters. The minimum absolute atomic E-state index is 0.168. The minimum atomic E-state index is -0.536. The molecule has 34 heavy (non-hydrogen) atoms. The molecule has 0 fully saturated rings. The summed E-state index contributed by atoms with van der Waals surface area (Å²) < 4.78 is 5.46. The van der Waals surface area contributed by atoms with Crippen molar-refractivity contribution in [2.24, 2.45) is 5.10 Å². The van der Waals surface area contributed by atoms with Gasteiger partial charge in [0.15, 0.2) is 6.61 Å². The highest BCUT2D eigenvalue weighted by Crippen LogP contribution is 2.15. The van der Waals surface area contributed by atoms with Crippen molar-refractivity contribution >= 4 is 41.2 Å². The molecule has 0 spiro atoms. The highest BCUT2D eigenvalue weighted by molar-refractivity contribution is 6.30. The van der Waals surface area contributed by atoms with Crippen LogP contribution in [0.2, 0.25) is 5.02 Å². The number of hydrogen-bond donors (Lipinski definition) is 3. The fourth-order valence-electron chi connectivity index (χ4n) is 2.69. The van der Waals surface area contributed by atoms with Gasteiger partial charge < -0.3 is 15.4 Å². The van der Waals surface area contributed by atoms with E-state index >= 15 is 0 Å². The lowest BCUT2D eigenvalue weighted by atomic mass is 10.2. The van der Waals surface area contributed by atoms with Gasteiger partial charge in [0.05, 0.1) is 6.21 Å². The maximum atomic E-state index is 12.0. The van der Waals surface area contributed by atoms with Gasteiger partial charge in [-0.05, 0) is 59.7 Å². The Hall–Kier alpha value is -4.24. The van der Waals surface area contributed by atoms with Gasteiger partial charge >= 0.3 is 0 Å². The van der Waals surface area contributed by atoms with E-state index in [2.05, 4.69) is 26.1 Å². The van der Waals surface area contributed by atoms with Gasteiger partial charge in [-0.2, -0.15) is 5.10 Å². The lowest BCUT2D eigenvalue weighted by Gasteiger charge is -2.08. The third kappa shape index (κ3) is 8.71. The Labute approximate surface area is 201 Å². The molecule has 3 amide bonds. The lowest BCUT2D eigenvalue weighted by molar-refractivity contribution is -0.129. The van der Waals surface area contributed by atoms with E-state index in [-0.39, 0.29) is 18.9 Å². The number of carbonyl (C=O) groups excluding carboxylic acids is 3. The van der Waals surface area contributed by atoms with E-state index in [0.29, 0.717) is 28.6 Å². The number of halogens is 1. The Morgan fingerprint density at radius 3 is 2.56 bits per heavy atom. The summed E-state index contributed by atoms with van der Waals surface area (Å²) in [6.07, 6.45) is 4.36. The smallest absolute Gasteiger partial charge is 0.262 e. The second-order valence-corrected chi connectivity index (χ2v) is 7.46. The van der Waals surface area contributed by atoms with Crippen molar-refractivity contribution in [2.75, 3.05) is 11.9 Å². The number of pyridine rings is 1. The Morgan fingerprint density at radius 1 is 1.00 bits per heavy atom.